The van der Waals surface area contributed by atoms with Crippen LogP contribution >= 0.6 is 11.3 Å². The summed E-state index contributed by atoms with van der Waals surface area (Å²) in [6, 6.07) is 21.8. The summed E-state index contributed by atoms with van der Waals surface area (Å²) in [5.41, 5.74) is 3.10. The van der Waals surface area contributed by atoms with E-state index in [9.17, 15) is 9.59 Å². The first-order chi connectivity index (χ1) is 17.6. The van der Waals surface area contributed by atoms with Crippen molar-refractivity contribution in [1.82, 2.24) is 20.1 Å². The van der Waals surface area contributed by atoms with Crippen molar-refractivity contribution in [3.8, 4) is 10.6 Å². The molecule has 1 N–H and O–H groups in total. The Morgan fingerprint density at radius 1 is 1.00 bits per heavy atom. The molecule has 0 unspecified atom stereocenters. The lowest BCUT2D eigenvalue weighted by molar-refractivity contribution is -0.122. The maximum absolute atomic E-state index is 12.6. The molecule has 0 atom stereocenters. The monoisotopic (exact) mass is 499 g/mol. The first kappa shape index (κ1) is 23.9. The summed E-state index contributed by atoms with van der Waals surface area (Å²) in [4.78, 5) is 31.6. The van der Waals surface area contributed by atoms with Crippen LogP contribution in [0.5, 0.6) is 0 Å². The molecule has 0 aliphatic carbocycles. The minimum absolute atomic E-state index is 0.108. The normalized spacial score (nSPS) is 14.1. The minimum atomic E-state index is -0.279. The zero-order valence-corrected chi connectivity index (χ0v) is 20.9. The Kier molecular flexibility index (Phi) is 7.52. The molecule has 0 radical (unpaired) electrons. The summed E-state index contributed by atoms with van der Waals surface area (Å²) in [5, 5.41) is 10.3. The van der Waals surface area contributed by atoms with Gasteiger partial charge in [-0.05, 0) is 48.4 Å². The van der Waals surface area contributed by atoms with Gasteiger partial charge in [0.2, 0.25) is 5.91 Å². The molecule has 3 heterocycles. The van der Waals surface area contributed by atoms with Gasteiger partial charge in [-0.1, -0.05) is 48.5 Å². The lowest BCUT2D eigenvalue weighted by atomic mass is 9.90. The van der Waals surface area contributed by atoms with Crippen LogP contribution in [0.4, 0.5) is 5.82 Å². The highest BCUT2D eigenvalue weighted by Gasteiger charge is 2.21. The van der Waals surface area contributed by atoms with Crippen LogP contribution in [0.25, 0.3) is 10.6 Å². The van der Waals surface area contributed by atoms with Crippen LogP contribution in [-0.2, 0) is 24.3 Å². The molecule has 5 rings (SSSR count). The zero-order valence-electron chi connectivity index (χ0n) is 20.0. The van der Waals surface area contributed by atoms with E-state index in [0.717, 1.165) is 54.3 Å². The van der Waals surface area contributed by atoms with Gasteiger partial charge in [0.1, 0.15) is 17.4 Å². The van der Waals surface area contributed by atoms with Gasteiger partial charge >= 0.3 is 0 Å². The van der Waals surface area contributed by atoms with E-state index in [2.05, 4.69) is 50.6 Å². The van der Waals surface area contributed by atoms with Crippen molar-refractivity contribution in [2.75, 3.05) is 18.0 Å². The number of hydrogen-bond donors (Lipinski definition) is 1. The van der Waals surface area contributed by atoms with Gasteiger partial charge in [-0.25, -0.2) is 9.67 Å². The molecule has 36 heavy (non-hydrogen) atoms. The highest BCUT2D eigenvalue weighted by molar-refractivity contribution is 7.13. The number of benzene rings is 2. The lowest BCUT2D eigenvalue weighted by Gasteiger charge is -2.33. The number of aromatic nitrogens is 3. The van der Waals surface area contributed by atoms with Gasteiger partial charge in [0.25, 0.3) is 5.56 Å². The molecule has 0 spiro atoms. The summed E-state index contributed by atoms with van der Waals surface area (Å²) >= 11 is 1.58. The van der Waals surface area contributed by atoms with Crippen LogP contribution in [0.3, 0.4) is 0 Å². The van der Waals surface area contributed by atoms with Gasteiger partial charge in [0.15, 0.2) is 0 Å². The fourth-order valence-corrected chi connectivity index (χ4v) is 5.24. The standard InChI is InChI=1S/C28H29N5O2S/c34-26(30-19-23-7-4-8-24(18-23)28-29-13-16-36-28)20-33-27(35)10-9-25(31-33)32-14-11-22(12-15-32)17-21-5-2-1-3-6-21/h1-10,13,16,18,22H,11-12,14-15,17,19-20H2,(H,30,34). The molecule has 2 aromatic carbocycles. The van der Waals surface area contributed by atoms with Gasteiger partial charge in [-0.3, -0.25) is 9.59 Å². The Morgan fingerprint density at radius 2 is 1.81 bits per heavy atom. The van der Waals surface area contributed by atoms with E-state index in [1.165, 1.54) is 16.3 Å². The van der Waals surface area contributed by atoms with Crippen molar-refractivity contribution < 1.29 is 4.79 Å². The molecular weight excluding hydrogens is 470 g/mol. The molecular formula is C28H29N5O2S. The van der Waals surface area contributed by atoms with E-state index in [-0.39, 0.29) is 18.0 Å². The van der Waals surface area contributed by atoms with Crippen molar-refractivity contribution in [1.29, 1.82) is 0 Å². The maximum Gasteiger partial charge on any atom is 0.267 e. The molecule has 7 nitrogen and oxygen atoms in total. The smallest absolute Gasteiger partial charge is 0.267 e. The predicted molar refractivity (Wildman–Crippen MR) is 143 cm³/mol. The molecule has 2 aromatic heterocycles. The van der Waals surface area contributed by atoms with Crippen LogP contribution in [-0.4, -0.2) is 33.8 Å². The molecule has 1 fully saturated rings. The number of anilines is 1. The van der Waals surface area contributed by atoms with Gasteiger partial charge in [-0.15, -0.1) is 11.3 Å². The SMILES string of the molecule is O=C(Cn1nc(N2CCC(Cc3ccccc3)CC2)ccc1=O)NCc1cccc(-c2nccs2)c1. The van der Waals surface area contributed by atoms with Crippen LogP contribution in [0.15, 0.2) is 83.1 Å². The lowest BCUT2D eigenvalue weighted by Crippen LogP contribution is -2.38. The highest BCUT2D eigenvalue weighted by atomic mass is 32.1. The number of carbonyl (C=O) groups is 1. The second-order valence-electron chi connectivity index (χ2n) is 9.12. The van der Waals surface area contributed by atoms with Crippen molar-refractivity contribution in [2.45, 2.75) is 32.4 Å². The molecule has 1 saturated heterocycles. The molecule has 8 heteroatoms. The van der Waals surface area contributed by atoms with E-state index in [0.29, 0.717) is 12.5 Å². The fourth-order valence-electron chi connectivity index (χ4n) is 4.61. The van der Waals surface area contributed by atoms with E-state index >= 15 is 0 Å². The van der Waals surface area contributed by atoms with E-state index < -0.39 is 0 Å². The second-order valence-corrected chi connectivity index (χ2v) is 10.0. The largest absolute Gasteiger partial charge is 0.355 e. The third-order valence-corrected chi connectivity index (χ3v) is 7.37. The Bertz CT molecular complexity index is 1350. The molecule has 0 bridgehead atoms. The summed E-state index contributed by atoms with van der Waals surface area (Å²) in [5.74, 6) is 1.15. The highest BCUT2D eigenvalue weighted by Crippen LogP contribution is 2.24. The van der Waals surface area contributed by atoms with E-state index in [1.807, 2.05) is 29.6 Å². The first-order valence-corrected chi connectivity index (χ1v) is 13.1. The van der Waals surface area contributed by atoms with Gasteiger partial charge < -0.3 is 10.2 Å². The Balaban J connectivity index is 1.16. The number of amides is 1. The predicted octanol–water partition coefficient (Wildman–Crippen LogP) is 4.14. The summed E-state index contributed by atoms with van der Waals surface area (Å²) in [6.07, 6.45) is 5.03. The van der Waals surface area contributed by atoms with Crippen LogP contribution < -0.4 is 15.8 Å². The average Bonchev–Trinajstić information content (AvgIpc) is 3.45. The number of piperidine rings is 1. The number of hydrogen-bond acceptors (Lipinski definition) is 6. The number of rotatable bonds is 8. The fraction of sp³-hybridized carbons (Fsp3) is 0.286. The second kappa shape index (κ2) is 11.3. The van der Waals surface area contributed by atoms with Gasteiger partial charge in [0, 0.05) is 42.8 Å². The molecule has 1 aliphatic heterocycles. The maximum atomic E-state index is 12.6. The topological polar surface area (TPSA) is 80.1 Å². The number of thiazole rings is 1. The van der Waals surface area contributed by atoms with Crippen LogP contribution in [0.2, 0.25) is 0 Å². The summed E-state index contributed by atoms with van der Waals surface area (Å²) in [6.45, 7) is 2.05. The van der Waals surface area contributed by atoms with Crippen LogP contribution in [0.1, 0.15) is 24.0 Å². The first-order valence-electron chi connectivity index (χ1n) is 12.3. The molecule has 4 aromatic rings. The van der Waals surface area contributed by atoms with Crippen LogP contribution in [0, 0.1) is 5.92 Å². The quantitative estimate of drug-likeness (QED) is 0.394. The summed E-state index contributed by atoms with van der Waals surface area (Å²) in [7, 11) is 0. The number of nitrogens with one attached hydrogen (secondary N) is 1. The van der Waals surface area contributed by atoms with Crippen molar-refractivity contribution >= 4 is 23.1 Å². The average molecular weight is 500 g/mol. The minimum Gasteiger partial charge on any atom is -0.355 e. The molecule has 184 valence electrons. The third-order valence-electron chi connectivity index (χ3n) is 6.55. The van der Waals surface area contributed by atoms with E-state index in [1.54, 1.807) is 23.6 Å². The van der Waals surface area contributed by atoms with Crippen molar-refractivity contribution in [3.63, 3.8) is 0 Å². The van der Waals surface area contributed by atoms with Crippen molar-refractivity contribution in [2.24, 2.45) is 5.92 Å². The number of carbonyl (C=O) groups excluding carboxylic acids is 1. The van der Waals surface area contributed by atoms with E-state index in [4.69, 9.17) is 0 Å². The zero-order chi connectivity index (χ0) is 24.7. The molecule has 1 amide bonds. The van der Waals surface area contributed by atoms with Crippen molar-refractivity contribution in [3.05, 3.63) is 99.8 Å². The molecule has 1 aliphatic rings. The Hall–Kier alpha value is -3.78. The van der Waals surface area contributed by atoms with Gasteiger partial charge in [0.05, 0.1) is 0 Å². The third kappa shape index (κ3) is 6.07. The van der Waals surface area contributed by atoms with Gasteiger partial charge in [-0.2, -0.15) is 5.10 Å². The summed E-state index contributed by atoms with van der Waals surface area (Å²) < 4.78 is 1.26. The Labute approximate surface area is 214 Å². The number of nitrogens with zero attached hydrogens (tertiary/aromatic N) is 4. The molecule has 0 saturated carbocycles. The Morgan fingerprint density at radius 3 is 2.58 bits per heavy atom.